The summed E-state index contributed by atoms with van der Waals surface area (Å²) in [5, 5.41) is 6.18. The molecule has 1 amide bonds. The van der Waals surface area contributed by atoms with Gasteiger partial charge in [0.05, 0.1) is 11.7 Å². The summed E-state index contributed by atoms with van der Waals surface area (Å²) >= 11 is 0. The van der Waals surface area contributed by atoms with Crippen LogP contribution in [-0.4, -0.2) is 41.2 Å². The van der Waals surface area contributed by atoms with Crippen LogP contribution in [-0.2, 0) is 4.74 Å². The van der Waals surface area contributed by atoms with Gasteiger partial charge in [0, 0.05) is 31.6 Å². The number of carbonyl (C=O) groups excluding carboxylic acids is 1. The van der Waals surface area contributed by atoms with Gasteiger partial charge >= 0.3 is 0 Å². The number of hydrogen-bond donors (Lipinski definition) is 2. The molecular formula is C15H22N4O2. The molecular weight excluding hydrogens is 268 g/mol. The van der Waals surface area contributed by atoms with Gasteiger partial charge in [0.1, 0.15) is 0 Å². The Kier molecular flexibility index (Phi) is 4.65. The van der Waals surface area contributed by atoms with Gasteiger partial charge in [-0.1, -0.05) is 12.8 Å². The Bertz CT molecular complexity index is 465. The molecule has 1 saturated heterocycles. The second-order valence-corrected chi connectivity index (χ2v) is 5.77. The van der Waals surface area contributed by atoms with Crippen molar-refractivity contribution < 1.29 is 9.53 Å². The van der Waals surface area contributed by atoms with Crippen LogP contribution in [0, 0.1) is 0 Å². The van der Waals surface area contributed by atoms with E-state index in [4.69, 9.17) is 4.74 Å². The molecule has 1 unspecified atom stereocenters. The van der Waals surface area contributed by atoms with Crippen LogP contribution in [0.2, 0.25) is 0 Å². The number of ether oxygens (including phenoxy) is 1. The van der Waals surface area contributed by atoms with Crippen LogP contribution in [0.1, 0.15) is 48.9 Å². The first-order valence-electron chi connectivity index (χ1n) is 7.79. The number of anilines is 1. The van der Waals surface area contributed by atoms with Crippen molar-refractivity contribution in [2.24, 2.45) is 0 Å². The predicted molar refractivity (Wildman–Crippen MR) is 79.2 cm³/mol. The van der Waals surface area contributed by atoms with E-state index in [0.29, 0.717) is 24.1 Å². The van der Waals surface area contributed by atoms with Crippen LogP contribution < -0.4 is 10.6 Å². The highest BCUT2D eigenvalue weighted by Crippen LogP contribution is 2.18. The highest BCUT2D eigenvalue weighted by atomic mass is 16.5. The molecule has 1 saturated carbocycles. The molecule has 2 heterocycles. The maximum atomic E-state index is 12.0. The average molecular weight is 290 g/mol. The quantitative estimate of drug-likeness (QED) is 0.864. The van der Waals surface area contributed by atoms with E-state index >= 15 is 0 Å². The van der Waals surface area contributed by atoms with Gasteiger partial charge in [-0.2, -0.15) is 0 Å². The Morgan fingerprint density at radius 2 is 1.95 bits per heavy atom. The Hall–Kier alpha value is -1.69. The van der Waals surface area contributed by atoms with Gasteiger partial charge in [-0.25, -0.2) is 9.97 Å². The third kappa shape index (κ3) is 3.91. The summed E-state index contributed by atoms with van der Waals surface area (Å²) in [6.07, 6.45) is 10.2. The van der Waals surface area contributed by atoms with Crippen molar-refractivity contribution in [3.05, 3.63) is 18.0 Å². The number of rotatable bonds is 5. The summed E-state index contributed by atoms with van der Waals surface area (Å²) in [5.41, 5.74) is 0.518. The lowest BCUT2D eigenvalue weighted by atomic mass is 10.2. The normalized spacial score (nSPS) is 22.4. The number of amides is 1. The monoisotopic (exact) mass is 290 g/mol. The standard InChI is InChI=1S/C15H22N4O2/c20-14(19-12-4-1-2-5-12)11-8-16-15(17-9-11)18-10-13-6-3-7-21-13/h8-9,12-13H,1-7,10H2,(H,19,20)(H,16,17,18). The topological polar surface area (TPSA) is 76.1 Å². The Morgan fingerprint density at radius 1 is 1.19 bits per heavy atom. The minimum atomic E-state index is -0.0763. The number of hydrogen-bond acceptors (Lipinski definition) is 5. The largest absolute Gasteiger partial charge is 0.376 e. The Balaban J connectivity index is 1.49. The maximum absolute atomic E-state index is 12.0. The molecule has 2 aliphatic rings. The van der Waals surface area contributed by atoms with Gasteiger partial charge < -0.3 is 15.4 Å². The third-order valence-electron chi connectivity index (χ3n) is 4.12. The molecule has 0 spiro atoms. The highest BCUT2D eigenvalue weighted by molar-refractivity contribution is 5.93. The number of nitrogens with zero attached hydrogens (tertiary/aromatic N) is 2. The van der Waals surface area contributed by atoms with E-state index in [-0.39, 0.29) is 12.0 Å². The predicted octanol–water partition coefficient (Wildman–Crippen LogP) is 1.74. The lowest BCUT2D eigenvalue weighted by Crippen LogP contribution is -2.32. The van der Waals surface area contributed by atoms with E-state index in [1.807, 2.05) is 0 Å². The van der Waals surface area contributed by atoms with E-state index in [9.17, 15) is 4.79 Å². The van der Waals surface area contributed by atoms with E-state index < -0.39 is 0 Å². The first-order valence-corrected chi connectivity index (χ1v) is 7.79. The van der Waals surface area contributed by atoms with Gasteiger partial charge in [-0.05, 0) is 25.7 Å². The van der Waals surface area contributed by atoms with Gasteiger partial charge in [-0.3, -0.25) is 4.79 Å². The van der Waals surface area contributed by atoms with E-state index in [2.05, 4.69) is 20.6 Å². The van der Waals surface area contributed by atoms with Crippen LogP contribution in [0.15, 0.2) is 12.4 Å². The molecule has 1 aromatic rings. The van der Waals surface area contributed by atoms with Crippen molar-refractivity contribution in [3.8, 4) is 0 Å². The zero-order valence-corrected chi connectivity index (χ0v) is 12.2. The number of aromatic nitrogens is 2. The van der Waals surface area contributed by atoms with E-state index in [1.165, 1.54) is 12.8 Å². The molecule has 114 valence electrons. The number of carbonyl (C=O) groups is 1. The fraction of sp³-hybridized carbons (Fsp3) is 0.667. The molecule has 2 N–H and O–H groups in total. The van der Waals surface area contributed by atoms with Gasteiger partial charge in [0.2, 0.25) is 5.95 Å². The van der Waals surface area contributed by atoms with Crippen LogP contribution in [0.5, 0.6) is 0 Å². The minimum absolute atomic E-state index is 0.0763. The first kappa shape index (κ1) is 14.3. The summed E-state index contributed by atoms with van der Waals surface area (Å²) in [6.45, 7) is 1.56. The Morgan fingerprint density at radius 3 is 2.62 bits per heavy atom. The molecule has 1 atom stereocenters. The molecule has 6 heteroatoms. The molecule has 0 bridgehead atoms. The van der Waals surface area contributed by atoms with Crippen molar-refractivity contribution in [2.75, 3.05) is 18.5 Å². The second kappa shape index (κ2) is 6.85. The van der Waals surface area contributed by atoms with Gasteiger partial charge in [-0.15, -0.1) is 0 Å². The lowest BCUT2D eigenvalue weighted by molar-refractivity contribution is 0.0937. The van der Waals surface area contributed by atoms with Crippen molar-refractivity contribution in [1.82, 2.24) is 15.3 Å². The number of nitrogens with one attached hydrogen (secondary N) is 2. The van der Waals surface area contributed by atoms with Crippen LogP contribution >= 0.6 is 0 Å². The second-order valence-electron chi connectivity index (χ2n) is 5.77. The summed E-state index contributed by atoms with van der Waals surface area (Å²) < 4.78 is 5.53. The van der Waals surface area contributed by atoms with Crippen molar-refractivity contribution in [3.63, 3.8) is 0 Å². The average Bonchev–Trinajstić information content (AvgIpc) is 3.19. The molecule has 21 heavy (non-hydrogen) atoms. The molecule has 2 fully saturated rings. The lowest BCUT2D eigenvalue weighted by Gasteiger charge is -2.12. The molecule has 6 nitrogen and oxygen atoms in total. The SMILES string of the molecule is O=C(NC1CCCC1)c1cnc(NCC2CCCO2)nc1. The zero-order chi connectivity index (χ0) is 14.5. The fourth-order valence-corrected chi connectivity index (χ4v) is 2.89. The molecule has 3 rings (SSSR count). The van der Waals surface area contributed by atoms with Crippen molar-refractivity contribution in [1.29, 1.82) is 0 Å². The van der Waals surface area contributed by atoms with Crippen LogP contribution in [0.3, 0.4) is 0 Å². The summed E-state index contributed by atoms with van der Waals surface area (Å²) in [6, 6.07) is 0.315. The van der Waals surface area contributed by atoms with Gasteiger partial charge in [0.15, 0.2) is 0 Å². The molecule has 1 aliphatic heterocycles. The maximum Gasteiger partial charge on any atom is 0.254 e. The van der Waals surface area contributed by atoms with Gasteiger partial charge in [0.25, 0.3) is 5.91 Å². The smallest absolute Gasteiger partial charge is 0.254 e. The van der Waals surface area contributed by atoms with Crippen molar-refractivity contribution in [2.45, 2.75) is 50.7 Å². The zero-order valence-electron chi connectivity index (χ0n) is 12.2. The summed E-state index contributed by atoms with van der Waals surface area (Å²) in [7, 11) is 0. The Labute approximate surface area is 124 Å². The summed E-state index contributed by atoms with van der Waals surface area (Å²) in [5.74, 6) is 0.468. The van der Waals surface area contributed by atoms with Crippen LogP contribution in [0.25, 0.3) is 0 Å². The van der Waals surface area contributed by atoms with E-state index in [0.717, 1.165) is 32.3 Å². The highest BCUT2D eigenvalue weighted by Gasteiger charge is 2.18. The van der Waals surface area contributed by atoms with Crippen LogP contribution in [0.4, 0.5) is 5.95 Å². The van der Waals surface area contributed by atoms with Crippen molar-refractivity contribution >= 4 is 11.9 Å². The third-order valence-corrected chi connectivity index (χ3v) is 4.12. The first-order chi connectivity index (χ1) is 10.3. The molecule has 0 aromatic carbocycles. The van der Waals surface area contributed by atoms with E-state index in [1.54, 1.807) is 12.4 Å². The molecule has 1 aromatic heterocycles. The minimum Gasteiger partial charge on any atom is -0.376 e. The fourth-order valence-electron chi connectivity index (χ4n) is 2.89. The summed E-state index contributed by atoms with van der Waals surface area (Å²) in [4.78, 5) is 20.4. The molecule has 1 aliphatic carbocycles. The molecule has 0 radical (unpaired) electrons.